The average molecular weight is 199 g/mol. The minimum absolute atomic E-state index is 0.295. The van der Waals surface area contributed by atoms with Gasteiger partial charge in [-0.25, -0.2) is 4.39 Å². The second-order valence-corrected chi connectivity index (χ2v) is 3.92. The topological polar surface area (TPSA) is 26.0 Å². The lowest BCUT2D eigenvalue weighted by Crippen LogP contribution is -1.84. The second-order valence-electron chi connectivity index (χ2n) is 2.49. The molecular weight excluding hydrogens is 193 g/mol. The van der Waals surface area contributed by atoms with Crippen molar-refractivity contribution in [3.8, 4) is 0 Å². The van der Waals surface area contributed by atoms with Gasteiger partial charge in [0.05, 0.1) is 11.1 Å². The van der Waals surface area contributed by atoms with Crippen molar-refractivity contribution in [1.82, 2.24) is 0 Å². The summed E-state index contributed by atoms with van der Waals surface area (Å²) in [5, 5.41) is 2.25. The van der Waals surface area contributed by atoms with Gasteiger partial charge >= 0.3 is 0 Å². The number of nitrogens with two attached hydrogens (primary N) is 1. The highest BCUT2D eigenvalue weighted by molar-refractivity contribution is 7.80. The van der Waals surface area contributed by atoms with Crippen LogP contribution in [-0.4, -0.2) is 0 Å². The summed E-state index contributed by atoms with van der Waals surface area (Å²) in [5.74, 6) is -0.295. The molecule has 2 rings (SSSR count). The number of rotatable bonds is 0. The van der Waals surface area contributed by atoms with E-state index in [2.05, 4.69) is 12.6 Å². The highest BCUT2D eigenvalue weighted by Crippen LogP contribution is 2.32. The monoisotopic (exact) mass is 199 g/mol. The molecule has 0 saturated heterocycles. The van der Waals surface area contributed by atoms with Crippen LogP contribution in [0, 0.1) is 5.82 Å². The molecule has 0 amide bonds. The van der Waals surface area contributed by atoms with E-state index in [1.807, 2.05) is 6.07 Å². The molecule has 1 heterocycles. The van der Waals surface area contributed by atoms with E-state index in [-0.39, 0.29) is 5.82 Å². The molecule has 0 bridgehead atoms. The van der Waals surface area contributed by atoms with Crippen LogP contribution >= 0.6 is 24.0 Å². The zero-order valence-electron chi connectivity index (χ0n) is 6.04. The van der Waals surface area contributed by atoms with Crippen LogP contribution in [0.5, 0.6) is 0 Å². The van der Waals surface area contributed by atoms with Crippen LogP contribution in [0.1, 0.15) is 0 Å². The lowest BCUT2D eigenvalue weighted by atomic mass is 10.2. The summed E-state index contributed by atoms with van der Waals surface area (Å²) < 4.78 is 14.1. The lowest BCUT2D eigenvalue weighted by molar-refractivity contribution is 0.637. The largest absolute Gasteiger partial charge is 0.397 e. The highest BCUT2D eigenvalue weighted by Gasteiger charge is 2.06. The Bertz CT molecular complexity index is 436. The van der Waals surface area contributed by atoms with Gasteiger partial charge in [-0.2, -0.15) is 0 Å². The van der Waals surface area contributed by atoms with Crippen LogP contribution in [0.15, 0.2) is 22.4 Å². The number of thiol groups is 1. The van der Waals surface area contributed by atoms with Crippen molar-refractivity contribution < 1.29 is 4.39 Å². The zero-order chi connectivity index (χ0) is 8.72. The summed E-state index contributed by atoms with van der Waals surface area (Å²) in [6.07, 6.45) is 0. The van der Waals surface area contributed by atoms with Crippen molar-refractivity contribution in [2.45, 2.75) is 4.90 Å². The number of benzene rings is 1. The summed E-state index contributed by atoms with van der Waals surface area (Å²) in [6, 6.07) is 3.18. The van der Waals surface area contributed by atoms with Gasteiger partial charge in [-0.15, -0.1) is 24.0 Å². The molecule has 0 spiro atoms. The van der Waals surface area contributed by atoms with Crippen molar-refractivity contribution in [3.63, 3.8) is 0 Å². The molecule has 4 heteroatoms. The first-order valence-corrected chi connectivity index (χ1v) is 4.66. The first kappa shape index (κ1) is 7.89. The van der Waals surface area contributed by atoms with Crippen molar-refractivity contribution in [2.75, 3.05) is 5.73 Å². The minimum atomic E-state index is -0.295. The molecule has 1 aromatic heterocycles. The summed E-state index contributed by atoms with van der Waals surface area (Å²) >= 11 is 5.49. The number of fused-ring (bicyclic) bond motifs is 1. The predicted octanol–water partition coefficient (Wildman–Crippen LogP) is 2.91. The van der Waals surface area contributed by atoms with E-state index in [4.69, 9.17) is 5.73 Å². The summed E-state index contributed by atoms with van der Waals surface area (Å²) in [4.78, 5) is 0.627. The Morgan fingerprint density at radius 3 is 2.92 bits per heavy atom. The van der Waals surface area contributed by atoms with Crippen LogP contribution in [0.4, 0.5) is 10.1 Å². The SMILES string of the molecule is Nc1csc2cc(S)cc(F)c12. The third-order valence-corrected chi connectivity index (χ3v) is 2.85. The van der Waals surface area contributed by atoms with E-state index < -0.39 is 0 Å². The fraction of sp³-hybridized carbons (Fsp3) is 0. The van der Waals surface area contributed by atoms with Gasteiger partial charge in [-0.3, -0.25) is 0 Å². The van der Waals surface area contributed by atoms with Crippen LogP contribution in [-0.2, 0) is 0 Å². The van der Waals surface area contributed by atoms with Crippen molar-refractivity contribution in [1.29, 1.82) is 0 Å². The third-order valence-electron chi connectivity index (χ3n) is 1.64. The fourth-order valence-electron chi connectivity index (χ4n) is 1.13. The first-order chi connectivity index (χ1) is 5.68. The molecule has 0 aliphatic rings. The van der Waals surface area contributed by atoms with Gasteiger partial charge in [0.1, 0.15) is 5.82 Å². The number of nitrogen functional groups attached to an aromatic ring is 1. The Morgan fingerprint density at radius 1 is 1.42 bits per heavy atom. The van der Waals surface area contributed by atoms with Crippen LogP contribution in [0.25, 0.3) is 10.1 Å². The molecule has 0 unspecified atom stereocenters. The Morgan fingerprint density at radius 2 is 2.17 bits per heavy atom. The molecule has 62 valence electrons. The van der Waals surface area contributed by atoms with Gasteiger partial charge in [0, 0.05) is 15.0 Å². The van der Waals surface area contributed by atoms with Crippen LogP contribution < -0.4 is 5.73 Å². The van der Waals surface area contributed by atoms with Gasteiger partial charge < -0.3 is 5.73 Å². The molecule has 2 N–H and O–H groups in total. The minimum Gasteiger partial charge on any atom is -0.397 e. The van der Waals surface area contributed by atoms with E-state index in [9.17, 15) is 4.39 Å². The van der Waals surface area contributed by atoms with Gasteiger partial charge in [-0.1, -0.05) is 0 Å². The van der Waals surface area contributed by atoms with Gasteiger partial charge in [0.25, 0.3) is 0 Å². The van der Waals surface area contributed by atoms with Crippen molar-refractivity contribution in [2.24, 2.45) is 0 Å². The molecular formula is C8H6FNS2. The Kier molecular flexibility index (Phi) is 1.73. The van der Waals surface area contributed by atoms with Gasteiger partial charge in [-0.05, 0) is 12.1 Å². The molecule has 12 heavy (non-hydrogen) atoms. The van der Waals surface area contributed by atoms with Crippen LogP contribution in [0.3, 0.4) is 0 Å². The number of thiophene rings is 1. The van der Waals surface area contributed by atoms with Crippen LogP contribution in [0.2, 0.25) is 0 Å². The average Bonchev–Trinajstić information content (AvgIpc) is 2.31. The molecule has 0 atom stereocenters. The predicted molar refractivity (Wildman–Crippen MR) is 53.4 cm³/mol. The zero-order valence-corrected chi connectivity index (χ0v) is 7.75. The Balaban J connectivity index is 2.93. The summed E-state index contributed by atoms with van der Waals surface area (Å²) in [6.45, 7) is 0. The van der Waals surface area contributed by atoms with Gasteiger partial charge in [0.2, 0.25) is 0 Å². The van der Waals surface area contributed by atoms with E-state index >= 15 is 0 Å². The second kappa shape index (κ2) is 2.64. The Labute approximate surface area is 78.4 Å². The van der Waals surface area contributed by atoms with Gasteiger partial charge in [0.15, 0.2) is 0 Å². The standard InChI is InChI=1S/C8H6FNS2/c9-5-1-4(11)2-7-8(5)6(10)3-12-7/h1-3,11H,10H2. The molecule has 0 fully saturated rings. The van der Waals surface area contributed by atoms with E-state index in [1.54, 1.807) is 5.38 Å². The maximum atomic E-state index is 13.2. The molecule has 0 aliphatic carbocycles. The maximum absolute atomic E-state index is 13.2. The molecule has 1 aromatic carbocycles. The maximum Gasteiger partial charge on any atom is 0.135 e. The number of anilines is 1. The number of halogens is 1. The third kappa shape index (κ3) is 1.07. The molecule has 1 nitrogen and oxygen atoms in total. The highest BCUT2D eigenvalue weighted by atomic mass is 32.1. The normalized spacial score (nSPS) is 10.8. The molecule has 0 radical (unpaired) electrons. The van der Waals surface area contributed by atoms with Crippen molar-refractivity contribution in [3.05, 3.63) is 23.3 Å². The van der Waals surface area contributed by atoms with Crippen molar-refractivity contribution >= 4 is 39.7 Å². The van der Waals surface area contributed by atoms with E-state index in [1.165, 1.54) is 17.4 Å². The van der Waals surface area contributed by atoms with E-state index in [0.717, 1.165) is 4.70 Å². The number of hydrogen-bond acceptors (Lipinski definition) is 3. The first-order valence-electron chi connectivity index (χ1n) is 3.33. The molecule has 0 saturated carbocycles. The summed E-state index contributed by atoms with van der Waals surface area (Å²) in [7, 11) is 0. The number of hydrogen-bond donors (Lipinski definition) is 2. The molecule has 0 aliphatic heterocycles. The molecule has 2 aromatic rings. The van der Waals surface area contributed by atoms with E-state index in [0.29, 0.717) is 16.0 Å². The lowest BCUT2D eigenvalue weighted by Gasteiger charge is -1.95. The quantitative estimate of drug-likeness (QED) is 0.627. The summed E-state index contributed by atoms with van der Waals surface area (Å²) in [5.41, 5.74) is 6.07. The smallest absolute Gasteiger partial charge is 0.135 e. The Hall–Kier alpha value is -0.740. The fourth-order valence-corrected chi connectivity index (χ4v) is 2.36.